The molecule has 18 heavy (non-hydrogen) atoms. The molecule has 0 heterocycles. The van der Waals surface area contributed by atoms with Crippen molar-refractivity contribution in [2.24, 2.45) is 5.73 Å². The highest BCUT2D eigenvalue weighted by atomic mass is 19.1. The molecular formula is C15H15F2N. The summed E-state index contributed by atoms with van der Waals surface area (Å²) in [6.45, 7) is 3.83. The molecule has 1 atom stereocenters. The zero-order valence-corrected chi connectivity index (χ0v) is 10.4. The predicted molar refractivity (Wildman–Crippen MR) is 68.3 cm³/mol. The van der Waals surface area contributed by atoms with Crippen molar-refractivity contribution in [2.75, 3.05) is 0 Å². The van der Waals surface area contributed by atoms with E-state index < -0.39 is 17.7 Å². The highest BCUT2D eigenvalue weighted by Crippen LogP contribution is 2.27. The maximum Gasteiger partial charge on any atom is 0.128 e. The van der Waals surface area contributed by atoms with Gasteiger partial charge in [0, 0.05) is 5.56 Å². The van der Waals surface area contributed by atoms with Crippen LogP contribution in [0.2, 0.25) is 0 Å². The van der Waals surface area contributed by atoms with Gasteiger partial charge in [-0.2, -0.15) is 0 Å². The van der Waals surface area contributed by atoms with Crippen molar-refractivity contribution in [3.63, 3.8) is 0 Å². The minimum Gasteiger partial charge on any atom is -0.320 e. The van der Waals surface area contributed by atoms with E-state index in [2.05, 4.69) is 0 Å². The molecule has 2 N–H and O–H groups in total. The third kappa shape index (κ3) is 2.27. The summed E-state index contributed by atoms with van der Waals surface area (Å²) < 4.78 is 26.9. The molecule has 2 rings (SSSR count). The smallest absolute Gasteiger partial charge is 0.128 e. The Bertz CT molecular complexity index is 558. The van der Waals surface area contributed by atoms with Gasteiger partial charge in [-0.1, -0.05) is 18.2 Å². The normalized spacial score (nSPS) is 12.5. The number of nitrogens with two attached hydrogens (primary N) is 1. The van der Waals surface area contributed by atoms with E-state index in [1.807, 2.05) is 32.0 Å². The lowest BCUT2D eigenvalue weighted by atomic mass is 9.92. The highest BCUT2D eigenvalue weighted by Gasteiger charge is 2.17. The van der Waals surface area contributed by atoms with Crippen molar-refractivity contribution in [3.8, 4) is 0 Å². The largest absolute Gasteiger partial charge is 0.320 e. The summed E-state index contributed by atoms with van der Waals surface area (Å²) in [7, 11) is 0. The number of rotatable bonds is 2. The lowest BCUT2D eigenvalue weighted by molar-refractivity contribution is 0.576. The van der Waals surface area contributed by atoms with Crippen molar-refractivity contribution in [3.05, 3.63) is 70.3 Å². The first-order chi connectivity index (χ1) is 8.50. The quantitative estimate of drug-likeness (QED) is 0.861. The van der Waals surface area contributed by atoms with Crippen LogP contribution in [-0.2, 0) is 0 Å². The Morgan fingerprint density at radius 2 is 1.61 bits per heavy atom. The van der Waals surface area contributed by atoms with Gasteiger partial charge in [0.15, 0.2) is 0 Å². The van der Waals surface area contributed by atoms with Crippen LogP contribution in [0.1, 0.15) is 28.3 Å². The summed E-state index contributed by atoms with van der Waals surface area (Å²) in [6.07, 6.45) is 0. The van der Waals surface area contributed by atoms with E-state index in [0.29, 0.717) is 0 Å². The van der Waals surface area contributed by atoms with E-state index in [0.717, 1.165) is 34.9 Å². The molecular weight excluding hydrogens is 232 g/mol. The van der Waals surface area contributed by atoms with Gasteiger partial charge in [0.2, 0.25) is 0 Å². The van der Waals surface area contributed by atoms with Crippen molar-refractivity contribution < 1.29 is 8.78 Å². The number of hydrogen-bond donors (Lipinski definition) is 1. The Hall–Kier alpha value is -1.74. The van der Waals surface area contributed by atoms with E-state index >= 15 is 0 Å². The lowest BCUT2D eigenvalue weighted by Gasteiger charge is -2.18. The summed E-state index contributed by atoms with van der Waals surface area (Å²) in [4.78, 5) is 0. The molecule has 0 amide bonds. The van der Waals surface area contributed by atoms with Gasteiger partial charge in [0.05, 0.1) is 6.04 Å². The summed E-state index contributed by atoms with van der Waals surface area (Å²) in [5, 5.41) is 0. The molecule has 0 spiro atoms. The van der Waals surface area contributed by atoms with E-state index in [-0.39, 0.29) is 5.56 Å². The van der Waals surface area contributed by atoms with Crippen LogP contribution >= 0.6 is 0 Å². The van der Waals surface area contributed by atoms with Gasteiger partial charge in [0.1, 0.15) is 11.6 Å². The second-order valence-corrected chi connectivity index (χ2v) is 4.45. The Morgan fingerprint density at radius 3 is 2.22 bits per heavy atom. The number of halogens is 2. The summed E-state index contributed by atoms with van der Waals surface area (Å²) in [5.41, 5.74) is 9.07. The average Bonchev–Trinajstić information content (AvgIpc) is 2.32. The number of aryl methyl sites for hydroxylation is 2. The van der Waals surface area contributed by atoms with Crippen molar-refractivity contribution in [1.29, 1.82) is 0 Å². The van der Waals surface area contributed by atoms with Gasteiger partial charge in [-0.3, -0.25) is 0 Å². The fraction of sp³-hybridized carbons (Fsp3) is 0.200. The minimum atomic E-state index is -0.651. The van der Waals surface area contributed by atoms with Crippen molar-refractivity contribution in [1.82, 2.24) is 0 Å². The molecule has 0 saturated carbocycles. The zero-order chi connectivity index (χ0) is 13.3. The molecule has 0 aliphatic heterocycles. The van der Waals surface area contributed by atoms with Gasteiger partial charge >= 0.3 is 0 Å². The first kappa shape index (κ1) is 12.7. The molecule has 0 aromatic heterocycles. The molecule has 2 aromatic carbocycles. The van der Waals surface area contributed by atoms with Gasteiger partial charge in [0.25, 0.3) is 0 Å². The molecule has 0 bridgehead atoms. The molecule has 3 heteroatoms. The highest BCUT2D eigenvalue weighted by molar-refractivity contribution is 5.42. The topological polar surface area (TPSA) is 26.0 Å². The van der Waals surface area contributed by atoms with Crippen LogP contribution in [0.15, 0.2) is 36.4 Å². The molecule has 0 aliphatic carbocycles. The predicted octanol–water partition coefficient (Wildman–Crippen LogP) is 3.63. The zero-order valence-electron chi connectivity index (χ0n) is 10.4. The van der Waals surface area contributed by atoms with Crippen LogP contribution in [0.5, 0.6) is 0 Å². The van der Waals surface area contributed by atoms with Crippen molar-refractivity contribution >= 4 is 0 Å². The minimum absolute atomic E-state index is 0.187. The maximum absolute atomic E-state index is 13.7. The summed E-state index contributed by atoms with van der Waals surface area (Å²) >= 11 is 0. The van der Waals surface area contributed by atoms with E-state index in [1.165, 1.54) is 0 Å². The molecule has 0 radical (unpaired) electrons. The Balaban J connectivity index is 2.54. The fourth-order valence-corrected chi connectivity index (χ4v) is 2.23. The Morgan fingerprint density at radius 1 is 1.00 bits per heavy atom. The van der Waals surface area contributed by atoms with Gasteiger partial charge in [-0.25, -0.2) is 8.78 Å². The average molecular weight is 247 g/mol. The van der Waals surface area contributed by atoms with Gasteiger partial charge in [-0.05, 0) is 48.7 Å². The lowest BCUT2D eigenvalue weighted by Crippen LogP contribution is -2.16. The second kappa shape index (κ2) is 4.86. The van der Waals surface area contributed by atoms with Crippen molar-refractivity contribution in [2.45, 2.75) is 19.9 Å². The Kier molecular flexibility index (Phi) is 3.43. The molecule has 0 aliphatic rings. The standard InChI is InChI=1S/C15H15F2N/c1-9-4-3-5-10(2)14(9)15(18)12-8-11(16)6-7-13(12)17/h3-8,15H,18H2,1-2H3. The van der Waals surface area contributed by atoms with Crippen LogP contribution in [0.4, 0.5) is 8.78 Å². The summed E-state index contributed by atoms with van der Waals surface area (Å²) in [6, 6.07) is 8.46. The maximum atomic E-state index is 13.7. The monoisotopic (exact) mass is 247 g/mol. The first-order valence-corrected chi connectivity index (χ1v) is 5.77. The van der Waals surface area contributed by atoms with E-state index in [1.54, 1.807) is 0 Å². The fourth-order valence-electron chi connectivity index (χ4n) is 2.23. The molecule has 0 saturated heterocycles. The third-order valence-corrected chi connectivity index (χ3v) is 3.15. The number of hydrogen-bond acceptors (Lipinski definition) is 1. The molecule has 2 aromatic rings. The van der Waals surface area contributed by atoms with Crippen LogP contribution in [-0.4, -0.2) is 0 Å². The third-order valence-electron chi connectivity index (χ3n) is 3.15. The molecule has 0 fully saturated rings. The van der Waals surface area contributed by atoms with Crippen LogP contribution in [0.3, 0.4) is 0 Å². The van der Waals surface area contributed by atoms with Crippen LogP contribution in [0, 0.1) is 25.5 Å². The van der Waals surface area contributed by atoms with Gasteiger partial charge < -0.3 is 5.73 Å². The molecule has 1 nitrogen and oxygen atoms in total. The molecule has 1 unspecified atom stereocenters. The SMILES string of the molecule is Cc1cccc(C)c1C(N)c1cc(F)ccc1F. The summed E-state index contributed by atoms with van der Waals surface area (Å²) in [5.74, 6) is -0.959. The van der Waals surface area contributed by atoms with Crippen LogP contribution in [0.25, 0.3) is 0 Å². The van der Waals surface area contributed by atoms with E-state index in [9.17, 15) is 8.78 Å². The van der Waals surface area contributed by atoms with Gasteiger partial charge in [-0.15, -0.1) is 0 Å². The number of benzene rings is 2. The first-order valence-electron chi connectivity index (χ1n) is 5.77. The molecule has 94 valence electrons. The van der Waals surface area contributed by atoms with Crippen LogP contribution < -0.4 is 5.73 Å². The Labute approximate surface area is 105 Å². The second-order valence-electron chi connectivity index (χ2n) is 4.45. The van der Waals surface area contributed by atoms with E-state index in [4.69, 9.17) is 5.73 Å².